The first kappa shape index (κ1) is 13.8. The lowest BCUT2D eigenvalue weighted by Gasteiger charge is -2.27. The molecule has 1 atom stereocenters. The maximum Gasteiger partial charge on any atom is 0.262 e. The van der Waals surface area contributed by atoms with Crippen LogP contribution in [0.1, 0.15) is 39.1 Å². The van der Waals surface area contributed by atoms with Crippen molar-refractivity contribution >= 4 is 35.2 Å². The molecule has 0 aromatic heterocycles. The van der Waals surface area contributed by atoms with Crippen LogP contribution < -0.4 is 5.32 Å². The lowest BCUT2D eigenvalue weighted by atomic mass is 10.0. The Kier molecular flexibility index (Phi) is 3.25. The summed E-state index contributed by atoms with van der Waals surface area (Å²) >= 11 is 5.80. The molecule has 0 bridgehead atoms. The van der Waals surface area contributed by atoms with Gasteiger partial charge < -0.3 is 0 Å². The van der Waals surface area contributed by atoms with Gasteiger partial charge in [0, 0.05) is 12.3 Å². The molecule has 1 aromatic rings. The van der Waals surface area contributed by atoms with Gasteiger partial charge in [-0.2, -0.15) is 0 Å². The van der Waals surface area contributed by atoms with Crippen LogP contribution in [0.15, 0.2) is 18.2 Å². The van der Waals surface area contributed by atoms with Crippen molar-refractivity contribution in [3.63, 3.8) is 0 Å². The second-order valence-electron chi connectivity index (χ2n) is 4.92. The van der Waals surface area contributed by atoms with Crippen LogP contribution in [0.3, 0.4) is 0 Å². The summed E-state index contributed by atoms with van der Waals surface area (Å²) in [4.78, 5) is 48.9. The first-order valence-corrected chi connectivity index (χ1v) is 6.97. The smallest absolute Gasteiger partial charge is 0.262 e. The summed E-state index contributed by atoms with van der Waals surface area (Å²) < 4.78 is 0. The molecular weight excluding hydrogens is 296 g/mol. The molecule has 21 heavy (non-hydrogen) atoms. The van der Waals surface area contributed by atoms with E-state index in [9.17, 15) is 19.2 Å². The van der Waals surface area contributed by atoms with Gasteiger partial charge in [-0.3, -0.25) is 29.4 Å². The molecule has 1 N–H and O–H groups in total. The number of amides is 4. The minimum Gasteiger partial charge on any atom is -0.295 e. The van der Waals surface area contributed by atoms with E-state index in [1.807, 2.05) is 0 Å². The van der Waals surface area contributed by atoms with Gasteiger partial charge >= 0.3 is 0 Å². The Morgan fingerprint density at radius 3 is 2.62 bits per heavy atom. The lowest BCUT2D eigenvalue weighted by molar-refractivity contribution is -0.136. The zero-order valence-electron chi connectivity index (χ0n) is 10.9. The molecule has 7 heteroatoms. The highest BCUT2D eigenvalue weighted by atomic mass is 35.5. The van der Waals surface area contributed by atoms with E-state index in [-0.39, 0.29) is 29.8 Å². The number of carbonyl (C=O) groups excluding carboxylic acids is 4. The fourth-order valence-electron chi connectivity index (χ4n) is 2.70. The fourth-order valence-corrected chi connectivity index (χ4v) is 2.92. The first-order chi connectivity index (χ1) is 10.0. The number of fused-ring (bicyclic) bond motifs is 1. The zero-order chi connectivity index (χ0) is 15.1. The van der Waals surface area contributed by atoms with Gasteiger partial charge in [-0.15, -0.1) is 11.6 Å². The number of nitrogens with one attached hydrogen (secondary N) is 1. The van der Waals surface area contributed by atoms with Gasteiger partial charge in [0.15, 0.2) is 0 Å². The Labute approximate surface area is 125 Å². The van der Waals surface area contributed by atoms with Crippen LogP contribution in [-0.4, -0.2) is 34.6 Å². The molecule has 1 aromatic carbocycles. The highest BCUT2D eigenvalue weighted by Crippen LogP contribution is 2.30. The van der Waals surface area contributed by atoms with Crippen molar-refractivity contribution in [3.8, 4) is 0 Å². The Balaban J connectivity index is 2.00. The predicted molar refractivity (Wildman–Crippen MR) is 72.7 cm³/mol. The number of nitrogens with zero attached hydrogens (tertiary/aromatic N) is 1. The molecule has 4 amide bonds. The van der Waals surface area contributed by atoms with Gasteiger partial charge in [-0.1, -0.05) is 12.1 Å². The van der Waals surface area contributed by atoms with E-state index >= 15 is 0 Å². The van der Waals surface area contributed by atoms with Gasteiger partial charge in [0.25, 0.3) is 11.8 Å². The molecule has 2 aliphatic heterocycles. The van der Waals surface area contributed by atoms with E-state index in [0.717, 1.165) is 4.90 Å². The normalized spacial score (nSPS) is 21.6. The number of alkyl halides is 1. The van der Waals surface area contributed by atoms with Gasteiger partial charge in [0.2, 0.25) is 11.8 Å². The van der Waals surface area contributed by atoms with E-state index in [0.29, 0.717) is 5.56 Å². The quantitative estimate of drug-likeness (QED) is 0.648. The molecule has 0 radical (unpaired) electrons. The number of hydrogen-bond acceptors (Lipinski definition) is 4. The van der Waals surface area contributed by atoms with Gasteiger partial charge in [0.1, 0.15) is 6.04 Å². The molecule has 2 aliphatic rings. The molecule has 108 valence electrons. The van der Waals surface area contributed by atoms with Crippen LogP contribution in [-0.2, 0) is 15.5 Å². The van der Waals surface area contributed by atoms with Crippen LogP contribution in [0.5, 0.6) is 0 Å². The van der Waals surface area contributed by atoms with Crippen molar-refractivity contribution in [1.29, 1.82) is 0 Å². The third-order valence-corrected chi connectivity index (χ3v) is 3.99. The van der Waals surface area contributed by atoms with Crippen molar-refractivity contribution in [2.75, 3.05) is 0 Å². The summed E-state index contributed by atoms with van der Waals surface area (Å²) in [5.41, 5.74) is 1.06. The van der Waals surface area contributed by atoms with E-state index in [1.165, 1.54) is 6.07 Å². The lowest BCUT2D eigenvalue weighted by Crippen LogP contribution is -2.54. The fraction of sp³-hybridized carbons (Fsp3) is 0.286. The molecule has 2 heterocycles. The van der Waals surface area contributed by atoms with E-state index in [2.05, 4.69) is 5.32 Å². The highest BCUT2D eigenvalue weighted by molar-refractivity contribution is 6.25. The van der Waals surface area contributed by atoms with Gasteiger partial charge in [0.05, 0.1) is 11.1 Å². The topological polar surface area (TPSA) is 83.6 Å². The summed E-state index contributed by atoms with van der Waals surface area (Å²) in [6.07, 6.45) is 0.249. The van der Waals surface area contributed by atoms with Crippen LogP contribution in [0.2, 0.25) is 0 Å². The van der Waals surface area contributed by atoms with Crippen molar-refractivity contribution in [2.24, 2.45) is 0 Å². The SMILES string of the molecule is O=C1CCC(N2C(=O)c3cccc(CCl)c3C2=O)C(=O)N1. The van der Waals surface area contributed by atoms with E-state index in [1.54, 1.807) is 12.1 Å². The maximum absolute atomic E-state index is 12.5. The second-order valence-corrected chi connectivity index (χ2v) is 5.19. The van der Waals surface area contributed by atoms with Crippen molar-refractivity contribution < 1.29 is 19.2 Å². The molecular formula is C14H11ClN2O4. The van der Waals surface area contributed by atoms with Crippen LogP contribution in [0.25, 0.3) is 0 Å². The van der Waals surface area contributed by atoms with Crippen LogP contribution >= 0.6 is 11.6 Å². The Hall–Kier alpha value is -2.21. The maximum atomic E-state index is 12.5. The molecule has 0 spiro atoms. The standard InChI is InChI=1S/C14H11ClN2O4/c15-6-7-2-1-3-8-11(7)14(21)17(13(8)20)9-4-5-10(18)16-12(9)19/h1-3,9H,4-6H2,(H,16,18,19). The third-order valence-electron chi connectivity index (χ3n) is 3.70. The molecule has 6 nitrogen and oxygen atoms in total. The summed E-state index contributed by atoms with van der Waals surface area (Å²) in [5.74, 6) is -1.95. The second kappa shape index (κ2) is 4.96. The number of rotatable bonds is 2. The average Bonchev–Trinajstić information content (AvgIpc) is 2.72. The molecule has 0 aliphatic carbocycles. The van der Waals surface area contributed by atoms with Crippen molar-refractivity contribution in [1.82, 2.24) is 10.2 Å². The summed E-state index contributed by atoms with van der Waals surface area (Å²) in [7, 11) is 0. The number of imide groups is 2. The highest BCUT2D eigenvalue weighted by Gasteiger charge is 2.45. The number of benzene rings is 1. The molecule has 0 saturated carbocycles. The predicted octanol–water partition coefficient (Wildman–Crippen LogP) is 0.827. The number of halogens is 1. The number of carbonyl (C=O) groups is 4. The van der Waals surface area contributed by atoms with Gasteiger partial charge in [-0.05, 0) is 18.1 Å². The molecule has 1 saturated heterocycles. The summed E-state index contributed by atoms with van der Waals surface area (Å²) in [6, 6.07) is 3.91. The van der Waals surface area contributed by atoms with E-state index < -0.39 is 29.7 Å². The van der Waals surface area contributed by atoms with Crippen LogP contribution in [0.4, 0.5) is 0 Å². The monoisotopic (exact) mass is 306 g/mol. The number of piperidine rings is 1. The van der Waals surface area contributed by atoms with Crippen molar-refractivity contribution in [3.05, 3.63) is 34.9 Å². The summed E-state index contributed by atoms with van der Waals surface area (Å²) in [5, 5.41) is 2.15. The Morgan fingerprint density at radius 2 is 1.95 bits per heavy atom. The van der Waals surface area contributed by atoms with Gasteiger partial charge in [-0.25, -0.2) is 0 Å². The molecule has 3 rings (SSSR count). The minimum atomic E-state index is -0.946. The summed E-state index contributed by atoms with van der Waals surface area (Å²) in [6.45, 7) is 0. The average molecular weight is 307 g/mol. The minimum absolute atomic E-state index is 0.103. The van der Waals surface area contributed by atoms with E-state index in [4.69, 9.17) is 11.6 Å². The zero-order valence-corrected chi connectivity index (χ0v) is 11.6. The Bertz CT molecular complexity index is 686. The third kappa shape index (κ3) is 2.03. The number of hydrogen-bond donors (Lipinski definition) is 1. The largest absolute Gasteiger partial charge is 0.295 e. The molecule has 1 unspecified atom stereocenters. The first-order valence-electron chi connectivity index (χ1n) is 6.44. The Morgan fingerprint density at radius 1 is 1.19 bits per heavy atom. The molecule has 1 fully saturated rings. The van der Waals surface area contributed by atoms with Crippen LogP contribution in [0, 0.1) is 0 Å². The van der Waals surface area contributed by atoms with Crippen molar-refractivity contribution in [2.45, 2.75) is 24.8 Å².